The molecule has 28 heavy (non-hydrogen) atoms. The van der Waals surface area contributed by atoms with Crippen molar-refractivity contribution in [3.8, 4) is 0 Å². The zero-order valence-electron chi connectivity index (χ0n) is 15.7. The van der Waals surface area contributed by atoms with Crippen molar-refractivity contribution in [3.05, 3.63) is 63.9 Å². The highest BCUT2D eigenvalue weighted by molar-refractivity contribution is 14.0. The Labute approximate surface area is 192 Å². The number of nitrogens with two attached hydrogens (primary N) is 1. The number of halogens is 3. The van der Waals surface area contributed by atoms with Crippen molar-refractivity contribution in [1.82, 2.24) is 15.2 Å². The number of hydrogen-bond acceptors (Lipinski definition) is 3. The van der Waals surface area contributed by atoms with Crippen LogP contribution in [0.4, 0.5) is 0 Å². The van der Waals surface area contributed by atoms with Crippen LogP contribution >= 0.6 is 47.2 Å². The highest BCUT2D eigenvalue weighted by Crippen LogP contribution is 2.25. The van der Waals surface area contributed by atoms with E-state index in [0.717, 1.165) is 11.3 Å². The Hall–Kier alpha value is -1.58. The Bertz CT molecular complexity index is 804. The largest absolute Gasteiger partial charge is 0.370 e. The normalized spacial score (nSPS) is 12.1. The van der Waals surface area contributed by atoms with E-state index in [1.165, 1.54) is 0 Å². The number of guanidine groups is 1. The zero-order chi connectivity index (χ0) is 19.8. The molecule has 1 heterocycles. The van der Waals surface area contributed by atoms with Gasteiger partial charge < -0.3 is 16.0 Å². The first-order valence-corrected chi connectivity index (χ1v) is 9.27. The van der Waals surface area contributed by atoms with Crippen LogP contribution in [-0.4, -0.2) is 41.9 Å². The van der Waals surface area contributed by atoms with Crippen LogP contribution in [-0.2, 0) is 11.2 Å². The maximum absolute atomic E-state index is 12.2. The molecule has 0 saturated carbocycles. The quantitative estimate of drug-likeness (QED) is 0.322. The maximum atomic E-state index is 12.2. The summed E-state index contributed by atoms with van der Waals surface area (Å²) in [6, 6.07) is 10.8. The van der Waals surface area contributed by atoms with Crippen LogP contribution in [0.5, 0.6) is 0 Å². The second-order valence-electron chi connectivity index (χ2n) is 6.12. The minimum absolute atomic E-state index is 0. The third-order valence-electron chi connectivity index (χ3n) is 4.03. The first-order valence-electron chi connectivity index (χ1n) is 8.52. The van der Waals surface area contributed by atoms with Crippen LogP contribution in [0.3, 0.4) is 0 Å². The van der Waals surface area contributed by atoms with Crippen molar-refractivity contribution in [3.63, 3.8) is 0 Å². The topological polar surface area (TPSA) is 83.6 Å². The number of likely N-dealkylation sites (N-methyl/N-ethyl adjacent to an activating group) is 1. The van der Waals surface area contributed by atoms with Crippen LogP contribution in [0.2, 0.25) is 10.0 Å². The molecule has 0 fully saturated rings. The molecule has 0 saturated heterocycles. The van der Waals surface area contributed by atoms with Gasteiger partial charge >= 0.3 is 0 Å². The van der Waals surface area contributed by atoms with Crippen molar-refractivity contribution in [2.75, 3.05) is 20.1 Å². The van der Waals surface area contributed by atoms with Crippen molar-refractivity contribution >= 4 is 59.0 Å². The zero-order valence-corrected chi connectivity index (χ0v) is 19.6. The molecule has 0 spiro atoms. The van der Waals surface area contributed by atoms with E-state index in [4.69, 9.17) is 28.9 Å². The third kappa shape index (κ3) is 7.81. The van der Waals surface area contributed by atoms with Gasteiger partial charge in [-0.2, -0.15) is 0 Å². The minimum atomic E-state index is -0.171. The number of aromatic nitrogens is 1. The van der Waals surface area contributed by atoms with E-state index in [-0.39, 0.29) is 48.4 Å². The first-order chi connectivity index (χ1) is 12.9. The smallest absolute Gasteiger partial charge is 0.244 e. The number of hydrogen-bond donors (Lipinski definition) is 2. The van der Waals surface area contributed by atoms with Gasteiger partial charge in [-0.25, -0.2) is 4.99 Å². The van der Waals surface area contributed by atoms with Gasteiger partial charge in [-0.3, -0.25) is 9.78 Å². The van der Waals surface area contributed by atoms with Gasteiger partial charge in [0.25, 0.3) is 0 Å². The SMILES string of the molecule is CC(NC(N)=NCC(=O)N(C)CCc1ccccn1)c1ccc(Cl)cc1Cl.I. The summed E-state index contributed by atoms with van der Waals surface area (Å²) >= 11 is 12.1. The fourth-order valence-corrected chi connectivity index (χ4v) is 3.00. The molecule has 0 bridgehead atoms. The van der Waals surface area contributed by atoms with Gasteiger partial charge in [0.05, 0.1) is 6.04 Å². The summed E-state index contributed by atoms with van der Waals surface area (Å²) in [5.41, 5.74) is 7.68. The molecule has 0 aliphatic carbocycles. The summed E-state index contributed by atoms with van der Waals surface area (Å²) in [5.74, 6) is 0.0628. The Morgan fingerprint density at radius 1 is 1.32 bits per heavy atom. The fraction of sp³-hybridized carbons (Fsp3) is 0.316. The summed E-state index contributed by atoms with van der Waals surface area (Å²) in [7, 11) is 1.74. The van der Waals surface area contributed by atoms with Gasteiger partial charge in [0, 0.05) is 41.9 Å². The van der Waals surface area contributed by atoms with Gasteiger partial charge in [0.2, 0.25) is 5.91 Å². The highest BCUT2D eigenvalue weighted by Gasteiger charge is 2.12. The number of nitrogens with one attached hydrogen (secondary N) is 1. The molecule has 6 nitrogen and oxygen atoms in total. The summed E-state index contributed by atoms with van der Waals surface area (Å²) in [6.07, 6.45) is 2.43. The van der Waals surface area contributed by atoms with Gasteiger partial charge in [0.1, 0.15) is 6.54 Å². The Morgan fingerprint density at radius 2 is 2.07 bits per heavy atom. The molecule has 1 amide bonds. The average Bonchev–Trinajstić information content (AvgIpc) is 2.64. The van der Waals surface area contributed by atoms with Crippen molar-refractivity contribution in [1.29, 1.82) is 0 Å². The van der Waals surface area contributed by atoms with E-state index in [0.29, 0.717) is 23.0 Å². The number of pyridine rings is 1. The van der Waals surface area contributed by atoms with E-state index >= 15 is 0 Å². The number of rotatable bonds is 7. The Kier molecular flexibility index (Phi) is 10.6. The predicted octanol–water partition coefficient (Wildman–Crippen LogP) is 3.67. The van der Waals surface area contributed by atoms with E-state index in [1.54, 1.807) is 30.3 Å². The molecule has 1 aromatic heterocycles. The molecule has 3 N–H and O–H groups in total. The first kappa shape index (κ1) is 24.5. The highest BCUT2D eigenvalue weighted by atomic mass is 127. The third-order valence-corrected chi connectivity index (χ3v) is 4.60. The second kappa shape index (κ2) is 12.1. The maximum Gasteiger partial charge on any atom is 0.244 e. The molecule has 0 aliphatic rings. The van der Waals surface area contributed by atoms with Crippen LogP contribution in [0.1, 0.15) is 24.2 Å². The summed E-state index contributed by atoms with van der Waals surface area (Å²) in [6.45, 7) is 2.44. The van der Waals surface area contributed by atoms with Crippen molar-refractivity contribution in [2.45, 2.75) is 19.4 Å². The number of amides is 1. The molecule has 0 aliphatic heterocycles. The van der Waals surface area contributed by atoms with Gasteiger partial charge in [-0.15, -0.1) is 24.0 Å². The predicted molar refractivity (Wildman–Crippen MR) is 125 cm³/mol. The van der Waals surface area contributed by atoms with Crippen LogP contribution in [0, 0.1) is 0 Å². The fourth-order valence-electron chi connectivity index (χ4n) is 2.42. The summed E-state index contributed by atoms with van der Waals surface area (Å²) < 4.78 is 0. The lowest BCUT2D eigenvalue weighted by Gasteiger charge is -2.18. The van der Waals surface area contributed by atoms with Crippen molar-refractivity contribution < 1.29 is 4.79 Å². The van der Waals surface area contributed by atoms with Crippen LogP contribution in [0.15, 0.2) is 47.6 Å². The monoisotopic (exact) mass is 535 g/mol. The molecule has 1 aromatic carbocycles. The number of carbonyl (C=O) groups is 1. The molecule has 2 aromatic rings. The summed E-state index contributed by atoms with van der Waals surface area (Å²) in [5, 5.41) is 4.14. The van der Waals surface area contributed by atoms with Gasteiger partial charge in [-0.1, -0.05) is 35.3 Å². The van der Waals surface area contributed by atoms with Crippen molar-refractivity contribution in [2.24, 2.45) is 10.7 Å². The number of benzene rings is 1. The average molecular weight is 536 g/mol. The second-order valence-corrected chi connectivity index (χ2v) is 6.96. The van der Waals surface area contributed by atoms with Gasteiger partial charge in [0.15, 0.2) is 5.96 Å². The molecule has 0 radical (unpaired) electrons. The molecule has 1 atom stereocenters. The minimum Gasteiger partial charge on any atom is -0.370 e. The molecular weight excluding hydrogens is 512 g/mol. The van der Waals surface area contributed by atoms with E-state index in [1.807, 2.05) is 31.2 Å². The van der Waals surface area contributed by atoms with Crippen LogP contribution in [0.25, 0.3) is 0 Å². The molecule has 1 unspecified atom stereocenters. The molecular formula is C19H24Cl2IN5O. The Balaban J connectivity index is 0.00000392. The number of carbonyl (C=O) groups excluding carboxylic acids is 1. The van der Waals surface area contributed by atoms with E-state index in [9.17, 15) is 4.79 Å². The molecule has 152 valence electrons. The van der Waals surface area contributed by atoms with E-state index < -0.39 is 0 Å². The van der Waals surface area contributed by atoms with E-state index in [2.05, 4.69) is 15.3 Å². The summed E-state index contributed by atoms with van der Waals surface area (Å²) in [4.78, 5) is 22.2. The lowest BCUT2D eigenvalue weighted by atomic mass is 10.1. The number of aliphatic imine (C=N–C) groups is 1. The lowest BCUT2D eigenvalue weighted by molar-refractivity contribution is -0.128. The molecule has 2 rings (SSSR count). The molecule has 9 heteroatoms. The number of nitrogens with zero attached hydrogens (tertiary/aromatic N) is 3. The van der Waals surface area contributed by atoms with Crippen LogP contribution < -0.4 is 11.1 Å². The lowest BCUT2D eigenvalue weighted by Crippen LogP contribution is -2.36. The standard InChI is InChI=1S/C19H23Cl2N5O.HI/c1-13(16-7-6-14(20)11-17(16)21)25-19(22)24-12-18(27)26(2)10-8-15-5-3-4-9-23-15;/h3-7,9,11,13H,8,10,12H2,1-2H3,(H3,22,24,25);1H. The Morgan fingerprint density at radius 3 is 2.71 bits per heavy atom. The van der Waals surface area contributed by atoms with Gasteiger partial charge in [-0.05, 0) is 36.8 Å².